The van der Waals surface area contributed by atoms with E-state index in [1.807, 2.05) is 22.6 Å². The fourth-order valence-corrected chi connectivity index (χ4v) is 1.83. The summed E-state index contributed by atoms with van der Waals surface area (Å²) in [5.41, 5.74) is 0.681. The molecule has 0 radical (unpaired) electrons. The summed E-state index contributed by atoms with van der Waals surface area (Å²) in [5.74, 6) is 2.06. The molecule has 1 N–H and O–H groups in total. The lowest BCUT2D eigenvalue weighted by molar-refractivity contribution is 0.183. The van der Waals surface area contributed by atoms with E-state index in [2.05, 4.69) is 5.92 Å². The molecule has 1 rings (SSSR count). The number of aliphatic hydroxyl groups is 1. The molecule has 1 aromatic carbocycles. The molecular formula is C10H8FIO. The van der Waals surface area contributed by atoms with E-state index in [0.29, 0.717) is 9.13 Å². The molecule has 0 aromatic heterocycles. The smallest absolute Gasteiger partial charge is 0.124 e. The van der Waals surface area contributed by atoms with Gasteiger partial charge in [0.1, 0.15) is 5.82 Å². The zero-order valence-electron chi connectivity index (χ0n) is 6.80. The zero-order valence-corrected chi connectivity index (χ0v) is 8.95. The highest BCUT2D eigenvalue weighted by atomic mass is 127. The van der Waals surface area contributed by atoms with E-state index in [0.717, 1.165) is 0 Å². The first kappa shape index (κ1) is 10.5. The topological polar surface area (TPSA) is 20.2 Å². The third-order valence-corrected chi connectivity index (χ3v) is 2.57. The van der Waals surface area contributed by atoms with E-state index in [4.69, 9.17) is 6.42 Å². The van der Waals surface area contributed by atoms with Crippen LogP contribution in [0.1, 0.15) is 18.1 Å². The van der Waals surface area contributed by atoms with Crippen LogP contribution < -0.4 is 0 Å². The van der Waals surface area contributed by atoms with Crippen LogP contribution in [0.25, 0.3) is 0 Å². The van der Waals surface area contributed by atoms with Crippen LogP contribution in [0.2, 0.25) is 0 Å². The summed E-state index contributed by atoms with van der Waals surface area (Å²) in [6.07, 6.45) is 4.62. The molecule has 68 valence electrons. The van der Waals surface area contributed by atoms with Crippen molar-refractivity contribution in [1.82, 2.24) is 0 Å². The maximum Gasteiger partial charge on any atom is 0.124 e. The molecule has 0 heterocycles. The standard InChI is InChI=1S/C10H8FIO/c1-2-3-10(13)8-5-4-7(11)6-9(8)12/h1,4-6,10,13H,3H2. The summed E-state index contributed by atoms with van der Waals surface area (Å²) < 4.78 is 13.4. The van der Waals surface area contributed by atoms with Crippen LogP contribution in [0.15, 0.2) is 18.2 Å². The Bertz CT molecular complexity index is 343. The second-order valence-electron chi connectivity index (χ2n) is 2.59. The molecule has 0 aliphatic heterocycles. The first-order valence-corrected chi connectivity index (χ1v) is 4.79. The molecule has 0 fully saturated rings. The van der Waals surface area contributed by atoms with E-state index in [-0.39, 0.29) is 12.2 Å². The highest BCUT2D eigenvalue weighted by molar-refractivity contribution is 14.1. The molecule has 1 aromatic rings. The van der Waals surface area contributed by atoms with Crippen molar-refractivity contribution in [3.63, 3.8) is 0 Å². The minimum Gasteiger partial charge on any atom is -0.387 e. The molecule has 0 aliphatic carbocycles. The molecule has 1 unspecified atom stereocenters. The second-order valence-corrected chi connectivity index (χ2v) is 3.75. The van der Waals surface area contributed by atoms with E-state index >= 15 is 0 Å². The summed E-state index contributed by atoms with van der Waals surface area (Å²) >= 11 is 1.97. The van der Waals surface area contributed by atoms with Crippen LogP contribution >= 0.6 is 22.6 Å². The Hall–Kier alpha value is -0.600. The Morgan fingerprint density at radius 3 is 2.85 bits per heavy atom. The number of aliphatic hydroxyl groups excluding tert-OH is 1. The first-order valence-electron chi connectivity index (χ1n) is 3.71. The fraction of sp³-hybridized carbons (Fsp3) is 0.200. The summed E-state index contributed by atoms with van der Waals surface area (Å²) in [6, 6.07) is 4.24. The predicted octanol–water partition coefficient (Wildman–Crippen LogP) is 2.49. The van der Waals surface area contributed by atoms with Crippen LogP contribution in [0.4, 0.5) is 4.39 Å². The summed E-state index contributed by atoms with van der Waals surface area (Å²) in [4.78, 5) is 0. The molecule has 3 heteroatoms. The van der Waals surface area contributed by atoms with E-state index < -0.39 is 6.10 Å². The largest absolute Gasteiger partial charge is 0.387 e. The van der Waals surface area contributed by atoms with Gasteiger partial charge in [0.2, 0.25) is 0 Å². The lowest BCUT2D eigenvalue weighted by atomic mass is 10.1. The van der Waals surface area contributed by atoms with Crippen LogP contribution in [0.5, 0.6) is 0 Å². The van der Waals surface area contributed by atoms with Crippen molar-refractivity contribution in [3.8, 4) is 12.3 Å². The fourth-order valence-electron chi connectivity index (χ4n) is 0.993. The van der Waals surface area contributed by atoms with Crippen molar-refractivity contribution in [2.75, 3.05) is 0 Å². The van der Waals surface area contributed by atoms with Gasteiger partial charge in [-0.2, -0.15) is 0 Å². The molecule has 13 heavy (non-hydrogen) atoms. The van der Waals surface area contributed by atoms with Gasteiger partial charge in [-0.05, 0) is 40.3 Å². The van der Waals surface area contributed by atoms with Gasteiger partial charge in [-0.1, -0.05) is 6.07 Å². The molecule has 1 atom stereocenters. The molecular weight excluding hydrogens is 282 g/mol. The average Bonchev–Trinajstić information content (AvgIpc) is 2.04. The number of terminal acetylenes is 1. The molecule has 0 bridgehead atoms. The van der Waals surface area contributed by atoms with Gasteiger partial charge in [0.25, 0.3) is 0 Å². The Balaban J connectivity index is 2.96. The zero-order chi connectivity index (χ0) is 9.84. The normalized spacial score (nSPS) is 12.2. The van der Waals surface area contributed by atoms with Gasteiger partial charge in [0, 0.05) is 9.99 Å². The van der Waals surface area contributed by atoms with E-state index in [1.165, 1.54) is 12.1 Å². The van der Waals surface area contributed by atoms with Crippen LogP contribution in [-0.2, 0) is 0 Å². The summed E-state index contributed by atoms with van der Waals surface area (Å²) in [7, 11) is 0. The minimum atomic E-state index is -0.697. The van der Waals surface area contributed by atoms with Gasteiger partial charge in [-0.3, -0.25) is 0 Å². The quantitative estimate of drug-likeness (QED) is 0.655. The first-order chi connectivity index (χ1) is 6.15. The molecule has 1 nitrogen and oxygen atoms in total. The van der Waals surface area contributed by atoms with E-state index in [9.17, 15) is 9.50 Å². The van der Waals surface area contributed by atoms with Crippen LogP contribution in [-0.4, -0.2) is 5.11 Å². The van der Waals surface area contributed by atoms with Crippen molar-refractivity contribution in [1.29, 1.82) is 0 Å². The summed E-state index contributed by atoms with van der Waals surface area (Å²) in [6.45, 7) is 0. The molecule has 0 saturated carbocycles. The SMILES string of the molecule is C#CCC(O)c1ccc(F)cc1I. The molecule has 0 spiro atoms. The van der Waals surface area contributed by atoms with E-state index in [1.54, 1.807) is 6.07 Å². The van der Waals surface area contributed by atoms with Gasteiger partial charge in [0.05, 0.1) is 6.10 Å². The average molecular weight is 290 g/mol. The van der Waals surface area contributed by atoms with Crippen molar-refractivity contribution < 1.29 is 9.50 Å². The highest BCUT2D eigenvalue weighted by Crippen LogP contribution is 2.22. The van der Waals surface area contributed by atoms with Gasteiger partial charge >= 0.3 is 0 Å². The van der Waals surface area contributed by atoms with Crippen molar-refractivity contribution in [3.05, 3.63) is 33.1 Å². The maximum absolute atomic E-state index is 12.7. The Morgan fingerprint density at radius 1 is 1.62 bits per heavy atom. The molecule has 0 amide bonds. The van der Waals surface area contributed by atoms with Gasteiger partial charge in [-0.15, -0.1) is 12.3 Å². The Labute approximate surface area is 90.1 Å². The van der Waals surface area contributed by atoms with Crippen molar-refractivity contribution >= 4 is 22.6 Å². The minimum absolute atomic E-state index is 0.252. The number of hydrogen-bond donors (Lipinski definition) is 1. The summed E-state index contributed by atoms with van der Waals surface area (Å²) in [5, 5.41) is 9.52. The van der Waals surface area contributed by atoms with Crippen LogP contribution in [0, 0.1) is 21.7 Å². The number of hydrogen-bond acceptors (Lipinski definition) is 1. The number of rotatable bonds is 2. The lowest BCUT2D eigenvalue weighted by Crippen LogP contribution is -1.99. The van der Waals surface area contributed by atoms with Gasteiger partial charge in [0.15, 0.2) is 0 Å². The molecule has 0 aliphatic rings. The number of halogens is 2. The Morgan fingerprint density at radius 2 is 2.31 bits per heavy atom. The number of benzene rings is 1. The highest BCUT2D eigenvalue weighted by Gasteiger charge is 2.09. The molecule has 0 saturated heterocycles. The predicted molar refractivity (Wildman–Crippen MR) is 57.5 cm³/mol. The lowest BCUT2D eigenvalue weighted by Gasteiger charge is -2.09. The third-order valence-electron chi connectivity index (χ3n) is 1.63. The van der Waals surface area contributed by atoms with Crippen molar-refractivity contribution in [2.24, 2.45) is 0 Å². The van der Waals surface area contributed by atoms with Crippen LogP contribution in [0.3, 0.4) is 0 Å². The Kier molecular flexibility index (Phi) is 3.70. The maximum atomic E-state index is 12.7. The van der Waals surface area contributed by atoms with Gasteiger partial charge in [-0.25, -0.2) is 4.39 Å². The third kappa shape index (κ3) is 2.68. The monoisotopic (exact) mass is 290 g/mol. The second kappa shape index (κ2) is 4.58. The van der Waals surface area contributed by atoms with Gasteiger partial charge < -0.3 is 5.11 Å². The van der Waals surface area contributed by atoms with Crippen molar-refractivity contribution in [2.45, 2.75) is 12.5 Å².